The average molecular weight is 197 g/mol. The topological polar surface area (TPSA) is 21.3 Å². The third-order valence-electron chi connectivity index (χ3n) is 4.06. The summed E-state index contributed by atoms with van der Waals surface area (Å²) in [5.41, 5.74) is 0.429. The zero-order chi connectivity index (χ0) is 10.0. The summed E-state index contributed by atoms with van der Waals surface area (Å²) in [5, 5.41) is 3.74. The molecule has 2 nitrogen and oxygen atoms in total. The van der Waals surface area contributed by atoms with E-state index in [0.717, 1.165) is 25.0 Å². The van der Waals surface area contributed by atoms with Crippen LogP contribution >= 0.6 is 0 Å². The van der Waals surface area contributed by atoms with E-state index in [1.54, 1.807) is 0 Å². The van der Waals surface area contributed by atoms with Crippen molar-refractivity contribution < 1.29 is 4.74 Å². The van der Waals surface area contributed by atoms with Crippen molar-refractivity contribution >= 4 is 0 Å². The molecular formula is C12H23NO. The number of rotatable bonds is 3. The minimum Gasteiger partial charge on any atom is -0.381 e. The van der Waals surface area contributed by atoms with Crippen LogP contribution in [0.4, 0.5) is 0 Å². The fraction of sp³-hybridized carbons (Fsp3) is 1.00. The maximum atomic E-state index is 5.46. The second-order valence-corrected chi connectivity index (χ2v) is 5.27. The van der Waals surface area contributed by atoms with Gasteiger partial charge in [0.05, 0.1) is 0 Å². The van der Waals surface area contributed by atoms with Crippen molar-refractivity contribution in [3.8, 4) is 0 Å². The van der Waals surface area contributed by atoms with Gasteiger partial charge in [-0.2, -0.15) is 0 Å². The Morgan fingerprint density at radius 2 is 2.36 bits per heavy atom. The van der Waals surface area contributed by atoms with Gasteiger partial charge < -0.3 is 10.1 Å². The first-order chi connectivity index (χ1) is 6.73. The van der Waals surface area contributed by atoms with Gasteiger partial charge in [-0.1, -0.05) is 13.8 Å². The van der Waals surface area contributed by atoms with E-state index in [2.05, 4.69) is 19.2 Å². The number of ether oxygens (including phenoxy) is 1. The van der Waals surface area contributed by atoms with Crippen LogP contribution in [0.2, 0.25) is 0 Å². The summed E-state index contributed by atoms with van der Waals surface area (Å²) >= 11 is 0. The van der Waals surface area contributed by atoms with E-state index in [1.807, 2.05) is 0 Å². The van der Waals surface area contributed by atoms with Gasteiger partial charge in [-0.25, -0.2) is 0 Å². The number of hydrogen-bond acceptors (Lipinski definition) is 2. The third kappa shape index (κ3) is 1.96. The molecule has 82 valence electrons. The minimum absolute atomic E-state index is 0.429. The Bertz CT molecular complexity index is 179. The van der Waals surface area contributed by atoms with Crippen molar-refractivity contribution in [2.24, 2.45) is 11.8 Å². The van der Waals surface area contributed by atoms with Gasteiger partial charge in [0.2, 0.25) is 0 Å². The molecule has 0 aromatic heterocycles. The highest BCUT2D eigenvalue weighted by molar-refractivity contribution is 4.97. The van der Waals surface area contributed by atoms with Crippen molar-refractivity contribution in [3.63, 3.8) is 0 Å². The van der Waals surface area contributed by atoms with Gasteiger partial charge in [0.15, 0.2) is 0 Å². The Labute approximate surface area is 87.4 Å². The van der Waals surface area contributed by atoms with E-state index in [4.69, 9.17) is 4.74 Å². The predicted molar refractivity (Wildman–Crippen MR) is 58.3 cm³/mol. The van der Waals surface area contributed by atoms with Gasteiger partial charge in [-0.15, -0.1) is 0 Å². The molecule has 0 aromatic carbocycles. The zero-order valence-electron chi connectivity index (χ0n) is 9.51. The smallest absolute Gasteiger partial charge is 0.0495 e. The predicted octanol–water partition coefficient (Wildman–Crippen LogP) is 2.19. The fourth-order valence-electron chi connectivity index (χ4n) is 2.99. The van der Waals surface area contributed by atoms with Crippen LogP contribution in [0.5, 0.6) is 0 Å². The molecular weight excluding hydrogens is 174 g/mol. The Morgan fingerprint density at radius 1 is 1.50 bits per heavy atom. The normalized spacial score (nSPS) is 38.4. The molecule has 2 heterocycles. The number of nitrogens with one attached hydrogen (secondary N) is 1. The second-order valence-electron chi connectivity index (χ2n) is 5.27. The molecule has 0 aromatic rings. The molecule has 0 spiro atoms. The Hall–Kier alpha value is -0.0800. The molecule has 2 aliphatic rings. The number of hydrogen-bond donors (Lipinski definition) is 1. The maximum absolute atomic E-state index is 5.46. The summed E-state index contributed by atoms with van der Waals surface area (Å²) in [7, 11) is 0. The molecule has 2 fully saturated rings. The standard InChI is InChI=1S/C12H23NO/c1-10(2)12(5-3-6-13-12)8-11-4-7-14-9-11/h10-11,13H,3-9H2,1-2H3. The maximum Gasteiger partial charge on any atom is 0.0495 e. The summed E-state index contributed by atoms with van der Waals surface area (Å²) in [4.78, 5) is 0. The fourth-order valence-corrected chi connectivity index (χ4v) is 2.99. The van der Waals surface area contributed by atoms with Crippen LogP contribution in [0.3, 0.4) is 0 Å². The van der Waals surface area contributed by atoms with Gasteiger partial charge in [-0.05, 0) is 44.1 Å². The molecule has 0 radical (unpaired) electrons. The molecule has 2 atom stereocenters. The SMILES string of the molecule is CC(C)C1(CC2CCOC2)CCCN1. The summed E-state index contributed by atoms with van der Waals surface area (Å²) in [5.74, 6) is 1.56. The van der Waals surface area contributed by atoms with Crippen LogP contribution in [0.25, 0.3) is 0 Å². The highest BCUT2D eigenvalue weighted by Crippen LogP contribution is 2.35. The Balaban J connectivity index is 1.96. The van der Waals surface area contributed by atoms with Crippen molar-refractivity contribution in [3.05, 3.63) is 0 Å². The quantitative estimate of drug-likeness (QED) is 0.749. The molecule has 2 heteroatoms. The van der Waals surface area contributed by atoms with Gasteiger partial charge in [-0.3, -0.25) is 0 Å². The highest BCUT2D eigenvalue weighted by atomic mass is 16.5. The second kappa shape index (κ2) is 4.19. The van der Waals surface area contributed by atoms with Gasteiger partial charge in [0, 0.05) is 18.8 Å². The lowest BCUT2D eigenvalue weighted by Crippen LogP contribution is -2.46. The molecule has 2 aliphatic heterocycles. The van der Waals surface area contributed by atoms with Crippen LogP contribution in [-0.2, 0) is 4.74 Å². The molecule has 0 aliphatic carbocycles. The van der Waals surface area contributed by atoms with Crippen molar-refractivity contribution in [2.75, 3.05) is 19.8 Å². The van der Waals surface area contributed by atoms with Crippen LogP contribution in [-0.4, -0.2) is 25.3 Å². The molecule has 0 amide bonds. The van der Waals surface area contributed by atoms with E-state index in [0.29, 0.717) is 5.54 Å². The van der Waals surface area contributed by atoms with Gasteiger partial charge >= 0.3 is 0 Å². The minimum atomic E-state index is 0.429. The van der Waals surface area contributed by atoms with Gasteiger partial charge in [0.1, 0.15) is 0 Å². The molecule has 2 rings (SSSR count). The molecule has 14 heavy (non-hydrogen) atoms. The van der Waals surface area contributed by atoms with Gasteiger partial charge in [0.25, 0.3) is 0 Å². The van der Waals surface area contributed by atoms with Crippen LogP contribution in [0, 0.1) is 11.8 Å². The molecule has 2 unspecified atom stereocenters. The van der Waals surface area contributed by atoms with Crippen LogP contribution in [0.1, 0.15) is 39.5 Å². The molecule has 0 saturated carbocycles. The van der Waals surface area contributed by atoms with E-state index in [9.17, 15) is 0 Å². The first kappa shape index (κ1) is 10.4. The molecule has 2 saturated heterocycles. The average Bonchev–Trinajstić information content (AvgIpc) is 2.76. The molecule has 0 bridgehead atoms. The van der Waals surface area contributed by atoms with E-state index in [1.165, 1.54) is 32.2 Å². The lowest BCUT2D eigenvalue weighted by molar-refractivity contribution is 0.161. The van der Waals surface area contributed by atoms with E-state index in [-0.39, 0.29) is 0 Å². The monoisotopic (exact) mass is 197 g/mol. The lowest BCUT2D eigenvalue weighted by atomic mass is 9.77. The highest BCUT2D eigenvalue weighted by Gasteiger charge is 2.38. The van der Waals surface area contributed by atoms with Crippen molar-refractivity contribution in [1.82, 2.24) is 5.32 Å². The van der Waals surface area contributed by atoms with E-state index < -0.39 is 0 Å². The Kier molecular flexibility index (Phi) is 3.13. The summed E-state index contributed by atoms with van der Waals surface area (Å²) in [6.07, 6.45) is 5.31. The third-order valence-corrected chi connectivity index (χ3v) is 4.06. The summed E-state index contributed by atoms with van der Waals surface area (Å²) in [6.45, 7) is 7.91. The lowest BCUT2D eigenvalue weighted by Gasteiger charge is -2.36. The van der Waals surface area contributed by atoms with E-state index >= 15 is 0 Å². The van der Waals surface area contributed by atoms with Crippen LogP contribution in [0.15, 0.2) is 0 Å². The summed E-state index contributed by atoms with van der Waals surface area (Å²) < 4.78 is 5.46. The Morgan fingerprint density at radius 3 is 2.86 bits per heavy atom. The first-order valence-corrected chi connectivity index (χ1v) is 6.06. The zero-order valence-corrected chi connectivity index (χ0v) is 9.51. The molecule has 1 N–H and O–H groups in total. The van der Waals surface area contributed by atoms with Crippen LogP contribution < -0.4 is 5.32 Å². The summed E-state index contributed by atoms with van der Waals surface area (Å²) in [6, 6.07) is 0. The largest absolute Gasteiger partial charge is 0.381 e. The first-order valence-electron chi connectivity index (χ1n) is 6.06. The van der Waals surface area contributed by atoms with Crippen molar-refractivity contribution in [1.29, 1.82) is 0 Å². The van der Waals surface area contributed by atoms with Crippen molar-refractivity contribution in [2.45, 2.75) is 45.1 Å².